The minimum Gasteiger partial charge on any atom is -0.383 e. The van der Waals surface area contributed by atoms with E-state index in [1.54, 1.807) is 20.1 Å². The zero-order valence-electron chi connectivity index (χ0n) is 10.2. The Morgan fingerprint density at radius 3 is 2.83 bits per heavy atom. The van der Waals surface area contributed by atoms with Crippen LogP contribution in [0.15, 0.2) is 15.9 Å². The van der Waals surface area contributed by atoms with Gasteiger partial charge in [0.15, 0.2) is 0 Å². The number of hydrogen-bond donors (Lipinski definition) is 2. The molecule has 0 radical (unpaired) electrons. The highest BCUT2D eigenvalue weighted by atomic mass is 79.9. The second kappa shape index (κ2) is 7.50. The number of rotatable bonds is 6. The lowest BCUT2D eigenvalue weighted by Gasteiger charge is -2.13. The molecule has 0 spiro atoms. The van der Waals surface area contributed by atoms with Gasteiger partial charge in [-0.15, -0.1) is 11.3 Å². The van der Waals surface area contributed by atoms with Gasteiger partial charge in [0.25, 0.3) is 5.91 Å². The molecule has 0 aromatic carbocycles. The first-order chi connectivity index (χ1) is 8.56. The average Bonchev–Trinajstić information content (AvgIpc) is 2.75. The number of nitrogens with one attached hydrogen (secondary N) is 2. The number of hydrogen-bond acceptors (Lipinski definition) is 4. The SMILES string of the molecule is COCCNC(=O)C(C)NC(=O)c1sccc1Br. The third kappa shape index (κ3) is 4.40. The van der Waals surface area contributed by atoms with Gasteiger partial charge in [-0.25, -0.2) is 0 Å². The van der Waals surface area contributed by atoms with E-state index in [-0.39, 0.29) is 11.8 Å². The van der Waals surface area contributed by atoms with E-state index in [0.717, 1.165) is 4.47 Å². The summed E-state index contributed by atoms with van der Waals surface area (Å²) >= 11 is 4.60. The van der Waals surface area contributed by atoms with Gasteiger partial charge in [0.1, 0.15) is 10.9 Å². The normalized spacial score (nSPS) is 11.9. The van der Waals surface area contributed by atoms with E-state index >= 15 is 0 Å². The molecular weight excluding hydrogens is 320 g/mol. The van der Waals surface area contributed by atoms with Crippen LogP contribution < -0.4 is 10.6 Å². The lowest BCUT2D eigenvalue weighted by molar-refractivity contribution is -0.122. The number of halogens is 1. The van der Waals surface area contributed by atoms with Crippen LogP contribution in [0.25, 0.3) is 0 Å². The first-order valence-corrected chi connectivity index (χ1v) is 7.04. The molecule has 0 aliphatic heterocycles. The molecule has 2 N–H and O–H groups in total. The van der Waals surface area contributed by atoms with Crippen molar-refractivity contribution in [3.8, 4) is 0 Å². The van der Waals surface area contributed by atoms with Gasteiger partial charge >= 0.3 is 0 Å². The summed E-state index contributed by atoms with van der Waals surface area (Å²) in [5.74, 6) is -0.487. The van der Waals surface area contributed by atoms with Crippen LogP contribution in [0.1, 0.15) is 16.6 Å². The lowest BCUT2D eigenvalue weighted by atomic mass is 10.3. The molecule has 100 valence electrons. The Balaban J connectivity index is 2.44. The Kier molecular flexibility index (Phi) is 6.31. The zero-order valence-corrected chi connectivity index (χ0v) is 12.6. The van der Waals surface area contributed by atoms with Crippen molar-refractivity contribution in [2.24, 2.45) is 0 Å². The summed E-state index contributed by atoms with van der Waals surface area (Å²) in [6, 6.07) is 1.21. The lowest BCUT2D eigenvalue weighted by Crippen LogP contribution is -2.45. The second-order valence-corrected chi connectivity index (χ2v) is 5.35. The summed E-state index contributed by atoms with van der Waals surface area (Å²) in [6.45, 7) is 2.52. The molecule has 1 atom stereocenters. The molecular formula is C11H15BrN2O3S. The fraction of sp³-hybridized carbons (Fsp3) is 0.455. The van der Waals surface area contributed by atoms with Crippen LogP contribution in [0.4, 0.5) is 0 Å². The van der Waals surface area contributed by atoms with E-state index < -0.39 is 6.04 Å². The number of amides is 2. The van der Waals surface area contributed by atoms with Gasteiger partial charge in [0.05, 0.1) is 6.61 Å². The van der Waals surface area contributed by atoms with Crippen LogP contribution in [-0.2, 0) is 9.53 Å². The van der Waals surface area contributed by atoms with E-state index in [1.165, 1.54) is 11.3 Å². The first-order valence-electron chi connectivity index (χ1n) is 5.36. The maximum absolute atomic E-state index is 11.8. The van der Waals surface area contributed by atoms with Crippen LogP contribution in [0, 0.1) is 0 Å². The molecule has 1 aromatic rings. The molecule has 1 heterocycles. The van der Waals surface area contributed by atoms with E-state index in [4.69, 9.17) is 4.74 Å². The van der Waals surface area contributed by atoms with Crippen molar-refractivity contribution in [1.82, 2.24) is 10.6 Å². The van der Waals surface area contributed by atoms with Gasteiger partial charge in [-0.1, -0.05) is 0 Å². The van der Waals surface area contributed by atoms with Crippen molar-refractivity contribution < 1.29 is 14.3 Å². The third-order valence-electron chi connectivity index (χ3n) is 2.17. The number of ether oxygens (including phenoxy) is 1. The van der Waals surface area contributed by atoms with Gasteiger partial charge in [-0.2, -0.15) is 0 Å². The van der Waals surface area contributed by atoms with E-state index in [9.17, 15) is 9.59 Å². The molecule has 1 unspecified atom stereocenters. The van der Waals surface area contributed by atoms with Crippen LogP contribution in [0.2, 0.25) is 0 Å². The van der Waals surface area contributed by atoms with Crippen molar-refractivity contribution in [3.63, 3.8) is 0 Å². The topological polar surface area (TPSA) is 67.4 Å². The van der Waals surface area contributed by atoms with Crippen LogP contribution >= 0.6 is 27.3 Å². The summed E-state index contributed by atoms with van der Waals surface area (Å²) in [6.07, 6.45) is 0. The van der Waals surface area contributed by atoms with E-state index in [0.29, 0.717) is 18.0 Å². The van der Waals surface area contributed by atoms with Crippen LogP contribution in [0.5, 0.6) is 0 Å². The van der Waals surface area contributed by atoms with Crippen LogP contribution in [0.3, 0.4) is 0 Å². The minimum atomic E-state index is -0.580. The average molecular weight is 335 g/mol. The summed E-state index contributed by atoms with van der Waals surface area (Å²) in [7, 11) is 1.56. The quantitative estimate of drug-likeness (QED) is 0.772. The number of methoxy groups -OCH3 is 1. The highest BCUT2D eigenvalue weighted by Gasteiger charge is 2.18. The Morgan fingerprint density at radius 1 is 1.56 bits per heavy atom. The smallest absolute Gasteiger partial charge is 0.263 e. The highest BCUT2D eigenvalue weighted by molar-refractivity contribution is 9.10. The van der Waals surface area contributed by atoms with Crippen molar-refractivity contribution in [2.45, 2.75) is 13.0 Å². The Bertz CT molecular complexity index is 422. The molecule has 1 aromatic heterocycles. The predicted molar refractivity (Wildman–Crippen MR) is 73.8 cm³/mol. The molecule has 0 aliphatic carbocycles. The fourth-order valence-electron chi connectivity index (χ4n) is 1.21. The molecule has 2 amide bonds. The van der Waals surface area contributed by atoms with Crippen molar-refractivity contribution in [1.29, 1.82) is 0 Å². The van der Waals surface area contributed by atoms with Crippen molar-refractivity contribution in [2.75, 3.05) is 20.3 Å². The summed E-state index contributed by atoms with van der Waals surface area (Å²) in [5.41, 5.74) is 0. The Labute approximate surface area is 118 Å². The van der Waals surface area contributed by atoms with Gasteiger partial charge in [0, 0.05) is 18.1 Å². The van der Waals surface area contributed by atoms with Crippen molar-refractivity contribution >= 4 is 39.1 Å². The molecule has 0 saturated heterocycles. The maximum atomic E-state index is 11.8. The molecule has 0 saturated carbocycles. The van der Waals surface area contributed by atoms with Crippen LogP contribution in [-0.4, -0.2) is 38.1 Å². The summed E-state index contributed by atoms with van der Waals surface area (Å²) < 4.78 is 5.55. The summed E-state index contributed by atoms with van der Waals surface area (Å²) in [5, 5.41) is 7.11. The molecule has 1 rings (SSSR count). The fourth-order valence-corrected chi connectivity index (χ4v) is 2.67. The van der Waals surface area contributed by atoms with E-state index in [2.05, 4.69) is 26.6 Å². The standard InChI is InChI=1S/C11H15BrN2O3S/c1-7(10(15)13-4-5-17-2)14-11(16)9-8(12)3-6-18-9/h3,6-7H,4-5H2,1-2H3,(H,13,15)(H,14,16). The summed E-state index contributed by atoms with van der Waals surface area (Å²) in [4.78, 5) is 24.0. The van der Waals surface area contributed by atoms with Crippen molar-refractivity contribution in [3.05, 3.63) is 20.8 Å². The van der Waals surface area contributed by atoms with Gasteiger partial charge < -0.3 is 15.4 Å². The number of carbonyl (C=O) groups excluding carboxylic acids is 2. The predicted octanol–water partition coefficient (Wildman–Crippen LogP) is 1.39. The maximum Gasteiger partial charge on any atom is 0.263 e. The Hall–Kier alpha value is -0.920. The van der Waals surface area contributed by atoms with Gasteiger partial charge in [0.2, 0.25) is 5.91 Å². The monoisotopic (exact) mass is 334 g/mol. The minimum absolute atomic E-state index is 0.229. The molecule has 7 heteroatoms. The molecule has 0 aliphatic rings. The van der Waals surface area contributed by atoms with Gasteiger partial charge in [-0.05, 0) is 34.3 Å². The highest BCUT2D eigenvalue weighted by Crippen LogP contribution is 2.22. The number of thiophene rings is 1. The Morgan fingerprint density at radius 2 is 2.28 bits per heavy atom. The third-order valence-corrected chi connectivity index (χ3v) is 4.01. The molecule has 18 heavy (non-hydrogen) atoms. The van der Waals surface area contributed by atoms with Gasteiger partial charge in [-0.3, -0.25) is 9.59 Å². The zero-order chi connectivity index (χ0) is 13.5. The first kappa shape index (κ1) is 15.1. The molecule has 0 fully saturated rings. The second-order valence-electron chi connectivity index (χ2n) is 3.58. The molecule has 5 nitrogen and oxygen atoms in total. The van der Waals surface area contributed by atoms with E-state index in [1.807, 2.05) is 5.38 Å². The largest absolute Gasteiger partial charge is 0.383 e. The molecule has 0 bridgehead atoms. The number of carbonyl (C=O) groups is 2.